The number of rotatable bonds is 5. The first-order chi connectivity index (χ1) is 15.6. The van der Waals surface area contributed by atoms with Crippen molar-refractivity contribution in [1.82, 2.24) is 24.4 Å². The Balaban J connectivity index is 1.27. The third-order valence-corrected chi connectivity index (χ3v) is 7.54. The van der Waals surface area contributed by atoms with Crippen molar-refractivity contribution in [2.45, 2.75) is 51.6 Å². The molecule has 3 aliphatic rings. The molecule has 3 aromatic rings. The second-order valence-electron chi connectivity index (χ2n) is 9.75. The van der Waals surface area contributed by atoms with Crippen molar-refractivity contribution < 1.29 is 0 Å². The molecule has 2 aliphatic carbocycles. The van der Waals surface area contributed by atoms with Crippen LogP contribution in [0.15, 0.2) is 36.7 Å². The van der Waals surface area contributed by atoms with E-state index in [9.17, 15) is 0 Å². The molecule has 7 nitrogen and oxygen atoms in total. The maximum absolute atomic E-state index is 4.97. The van der Waals surface area contributed by atoms with Crippen molar-refractivity contribution in [3.8, 4) is 5.69 Å². The Hall–Kier alpha value is -2.93. The van der Waals surface area contributed by atoms with Crippen LogP contribution >= 0.6 is 0 Å². The van der Waals surface area contributed by atoms with Crippen molar-refractivity contribution in [2.75, 3.05) is 24.2 Å². The second-order valence-corrected chi connectivity index (χ2v) is 9.75. The summed E-state index contributed by atoms with van der Waals surface area (Å²) in [6.45, 7) is 3.96. The highest BCUT2D eigenvalue weighted by Crippen LogP contribution is 2.45. The molecule has 1 aliphatic heterocycles. The van der Waals surface area contributed by atoms with Crippen LogP contribution in [0, 0.1) is 18.8 Å². The fourth-order valence-corrected chi connectivity index (χ4v) is 5.81. The third kappa shape index (κ3) is 3.64. The molecule has 0 saturated heterocycles. The topological polar surface area (TPSA) is 70.9 Å². The average molecular weight is 430 g/mol. The van der Waals surface area contributed by atoms with Crippen LogP contribution in [0.5, 0.6) is 0 Å². The molecule has 2 aromatic heterocycles. The minimum atomic E-state index is 0.561. The largest absolute Gasteiger partial charge is 0.367 e. The smallest absolute Gasteiger partial charge is 0.229 e. The van der Waals surface area contributed by atoms with Gasteiger partial charge in [-0.15, -0.1) is 0 Å². The molecule has 1 aromatic carbocycles. The summed E-state index contributed by atoms with van der Waals surface area (Å²) < 4.78 is 2.08. The van der Waals surface area contributed by atoms with Gasteiger partial charge in [0.1, 0.15) is 11.6 Å². The zero-order chi connectivity index (χ0) is 21.7. The van der Waals surface area contributed by atoms with Gasteiger partial charge in [-0.2, -0.15) is 4.98 Å². The zero-order valence-corrected chi connectivity index (χ0v) is 18.9. The van der Waals surface area contributed by atoms with Crippen LogP contribution in [-0.4, -0.2) is 44.1 Å². The fraction of sp³-hybridized carbons (Fsp3) is 0.480. The molecule has 2 saturated carbocycles. The van der Waals surface area contributed by atoms with Gasteiger partial charge < -0.3 is 20.1 Å². The molecule has 7 heteroatoms. The van der Waals surface area contributed by atoms with Gasteiger partial charge in [-0.25, -0.2) is 9.97 Å². The number of hydrogen-bond donors (Lipinski definition) is 2. The summed E-state index contributed by atoms with van der Waals surface area (Å²) >= 11 is 0. The maximum Gasteiger partial charge on any atom is 0.229 e. The van der Waals surface area contributed by atoms with Crippen molar-refractivity contribution in [3.63, 3.8) is 0 Å². The minimum Gasteiger partial charge on any atom is -0.367 e. The molecule has 166 valence electrons. The Bertz CT molecular complexity index is 1120. The van der Waals surface area contributed by atoms with E-state index < -0.39 is 0 Å². The van der Waals surface area contributed by atoms with Crippen LogP contribution in [0.4, 0.5) is 17.5 Å². The van der Waals surface area contributed by atoms with E-state index in [4.69, 9.17) is 9.97 Å². The number of nitrogens with zero attached hydrogens (tertiary/aromatic N) is 5. The lowest BCUT2D eigenvalue weighted by Gasteiger charge is -2.29. The molecular formula is C25H31N7. The van der Waals surface area contributed by atoms with Gasteiger partial charge >= 0.3 is 0 Å². The van der Waals surface area contributed by atoms with Gasteiger partial charge in [0.15, 0.2) is 0 Å². The highest BCUT2D eigenvalue weighted by Gasteiger charge is 2.40. The predicted molar refractivity (Wildman–Crippen MR) is 127 cm³/mol. The highest BCUT2D eigenvalue weighted by atomic mass is 15.2. The average Bonchev–Trinajstić information content (AvgIpc) is 3.52. The van der Waals surface area contributed by atoms with E-state index in [1.807, 2.05) is 19.3 Å². The molecule has 0 spiro atoms. The van der Waals surface area contributed by atoms with Gasteiger partial charge in [-0.05, 0) is 69.3 Å². The summed E-state index contributed by atoms with van der Waals surface area (Å²) in [4.78, 5) is 16.6. The van der Waals surface area contributed by atoms with Crippen LogP contribution in [-0.2, 0) is 13.0 Å². The number of likely N-dealkylation sites (N-methyl/N-ethyl adjacent to an activating group) is 1. The number of imidazole rings is 1. The van der Waals surface area contributed by atoms with Crippen LogP contribution in [0.25, 0.3) is 5.69 Å². The van der Waals surface area contributed by atoms with Crippen LogP contribution in [0.1, 0.15) is 42.8 Å². The van der Waals surface area contributed by atoms with Gasteiger partial charge in [-0.3, -0.25) is 0 Å². The number of fused-ring (bicyclic) bond motifs is 3. The van der Waals surface area contributed by atoms with Gasteiger partial charge in [0.2, 0.25) is 5.95 Å². The molecule has 3 atom stereocenters. The Morgan fingerprint density at radius 2 is 1.94 bits per heavy atom. The summed E-state index contributed by atoms with van der Waals surface area (Å²) in [5.41, 5.74) is 4.54. The lowest BCUT2D eigenvalue weighted by atomic mass is 9.95. The SMILES string of the molecule is Cc1nccn1-c1ccc(Nc2nc3c(c(N[C@@H]4CC5CCC4C5)n2)CN(C)CC3)cc1. The lowest BCUT2D eigenvalue weighted by molar-refractivity contribution is 0.309. The van der Waals surface area contributed by atoms with Gasteiger partial charge in [0.25, 0.3) is 0 Å². The van der Waals surface area contributed by atoms with Crippen LogP contribution in [0.3, 0.4) is 0 Å². The lowest BCUT2D eigenvalue weighted by Crippen LogP contribution is -2.32. The summed E-state index contributed by atoms with van der Waals surface area (Å²) in [5.74, 6) is 4.42. The molecule has 3 heterocycles. The third-order valence-electron chi connectivity index (χ3n) is 7.54. The number of benzene rings is 1. The fourth-order valence-electron chi connectivity index (χ4n) is 5.81. The van der Waals surface area contributed by atoms with Crippen molar-refractivity contribution in [3.05, 3.63) is 53.7 Å². The summed E-state index contributed by atoms with van der Waals surface area (Å²) in [6, 6.07) is 8.91. The van der Waals surface area contributed by atoms with Crippen molar-refractivity contribution in [1.29, 1.82) is 0 Å². The van der Waals surface area contributed by atoms with E-state index in [0.717, 1.165) is 54.4 Å². The summed E-state index contributed by atoms with van der Waals surface area (Å²) in [6.07, 6.45) is 10.2. The molecule has 2 bridgehead atoms. The normalized spacial score (nSPS) is 24.5. The van der Waals surface area contributed by atoms with Gasteiger partial charge in [0.05, 0.1) is 5.69 Å². The molecule has 6 rings (SSSR count). The van der Waals surface area contributed by atoms with Crippen LogP contribution < -0.4 is 10.6 Å². The number of anilines is 3. The van der Waals surface area contributed by atoms with Crippen LogP contribution in [0.2, 0.25) is 0 Å². The quantitative estimate of drug-likeness (QED) is 0.630. The molecule has 2 unspecified atom stereocenters. The Kier molecular flexibility index (Phi) is 4.86. The molecule has 2 N–H and O–H groups in total. The zero-order valence-electron chi connectivity index (χ0n) is 18.9. The van der Waals surface area contributed by atoms with E-state index in [2.05, 4.69) is 56.4 Å². The number of aryl methyl sites for hydroxylation is 1. The number of nitrogens with one attached hydrogen (secondary N) is 2. The standard InChI is InChI=1S/C25H31N7/c1-16-26-10-12-32(16)20-7-5-19(6-8-20)27-25-29-22-9-11-31(2)15-21(22)24(30-25)28-23-14-17-3-4-18(23)13-17/h5-8,10,12,17-18,23H,3-4,9,11,13-15H2,1-2H3,(H2,27,28,29,30)/t17?,18?,23-/m1/s1. The first-order valence-electron chi connectivity index (χ1n) is 11.8. The van der Waals surface area contributed by atoms with E-state index in [0.29, 0.717) is 12.0 Å². The Morgan fingerprint density at radius 3 is 2.66 bits per heavy atom. The predicted octanol–water partition coefficient (Wildman–Crippen LogP) is 4.30. The Labute approximate surface area is 189 Å². The van der Waals surface area contributed by atoms with E-state index in [1.54, 1.807) is 0 Å². The molecule has 0 radical (unpaired) electrons. The van der Waals surface area contributed by atoms with Crippen molar-refractivity contribution >= 4 is 17.5 Å². The Morgan fingerprint density at radius 1 is 1.06 bits per heavy atom. The molecule has 32 heavy (non-hydrogen) atoms. The minimum absolute atomic E-state index is 0.561. The van der Waals surface area contributed by atoms with Gasteiger partial charge in [0, 0.05) is 54.9 Å². The first kappa shape index (κ1) is 19.7. The van der Waals surface area contributed by atoms with Gasteiger partial charge in [-0.1, -0.05) is 6.42 Å². The number of aromatic nitrogens is 4. The van der Waals surface area contributed by atoms with Crippen molar-refractivity contribution in [2.24, 2.45) is 11.8 Å². The maximum atomic E-state index is 4.97. The first-order valence-corrected chi connectivity index (χ1v) is 11.8. The molecule has 2 fully saturated rings. The van der Waals surface area contributed by atoms with E-state index >= 15 is 0 Å². The molecular weight excluding hydrogens is 398 g/mol. The van der Waals surface area contributed by atoms with E-state index in [-0.39, 0.29) is 0 Å². The molecule has 0 amide bonds. The summed E-state index contributed by atoms with van der Waals surface area (Å²) in [5, 5.41) is 7.30. The number of hydrogen-bond acceptors (Lipinski definition) is 6. The second kappa shape index (κ2) is 7.89. The summed E-state index contributed by atoms with van der Waals surface area (Å²) in [7, 11) is 2.18. The highest BCUT2D eigenvalue weighted by molar-refractivity contribution is 5.59. The monoisotopic (exact) mass is 429 g/mol. The van der Waals surface area contributed by atoms with E-state index in [1.165, 1.54) is 36.9 Å².